The van der Waals surface area contributed by atoms with Crippen LogP contribution in [0, 0.1) is 0 Å². The van der Waals surface area contributed by atoms with Crippen LogP contribution in [0.15, 0.2) is 158 Å². The fourth-order valence-electron chi connectivity index (χ4n) is 6.18. The maximum Gasteiger partial charge on any atom is 0.332 e. The van der Waals surface area contributed by atoms with E-state index in [2.05, 4.69) is 4.98 Å². The molecule has 7 aromatic rings. The number of hydrogen-bond acceptors (Lipinski definition) is 10. The molecule has 0 amide bonds. The first kappa shape index (κ1) is 43.8. The molecule has 0 saturated carbocycles. The second-order valence-electron chi connectivity index (χ2n) is 13.6. The lowest BCUT2D eigenvalue weighted by atomic mass is 10.2. The molecule has 0 aliphatic carbocycles. The van der Waals surface area contributed by atoms with Crippen molar-refractivity contribution >= 4 is 23.4 Å². The maximum atomic E-state index is 13.5. The first-order valence-electron chi connectivity index (χ1n) is 19.0. The fourth-order valence-corrected chi connectivity index (χ4v) is 7.37. The highest BCUT2D eigenvalue weighted by Gasteiger charge is 2.15. The van der Waals surface area contributed by atoms with Gasteiger partial charge in [-0.3, -0.25) is 32.8 Å². The molecule has 3 aromatic heterocycles. The zero-order valence-corrected chi connectivity index (χ0v) is 35.6. The molecule has 61 heavy (non-hydrogen) atoms. The average molecular weight is 862 g/mol. The van der Waals surface area contributed by atoms with Crippen molar-refractivity contribution in [2.24, 2.45) is 0 Å². The fraction of sp³-hybridized carbons (Fsp3) is 0.196. The summed E-state index contributed by atoms with van der Waals surface area (Å²) in [7, 11) is 6.38. The van der Waals surface area contributed by atoms with E-state index in [1.165, 1.54) is 33.0 Å². The minimum Gasteiger partial charge on any atom is -0.497 e. The van der Waals surface area contributed by atoms with Gasteiger partial charge in [-0.15, -0.1) is 11.8 Å². The predicted molar refractivity (Wildman–Crippen MR) is 237 cm³/mol. The van der Waals surface area contributed by atoms with Crippen molar-refractivity contribution in [1.29, 1.82) is 0 Å². The van der Waals surface area contributed by atoms with Gasteiger partial charge in [0, 0.05) is 30.3 Å². The van der Waals surface area contributed by atoms with Crippen molar-refractivity contribution in [3.63, 3.8) is 0 Å². The number of ether oxygens (including phenoxy) is 4. The molecule has 0 bridgehead atoms. The normalized spacial score (nSPS) is 10.7. The number of nitrogens with zero attached hydrogens (tertiary/aromatic N) is 5. The standard InChI is InChI=1S/C26H25N3O4S.C20H19ClN2O4/c1-32-22-9-5-19(6-10-22)16-28-24(30)14-25(34-18-21-4-3-13-27-15-21)29(26(28)31)17-20-7-11-23(33-2)12-8-20;1-26-16-7-3-14(4-8-16)12-22-18(21)11-19(24)23(20(22)25)13-15-5-9-17(27-2)10-6-15/h3-15H,16-18H2,1-2H3;3-11H,12-13H2,1-2H3. The molecule has 4 aromatic carbocycles. The van der Waals surface area contributed by atoms with Gasteiger partial charge < -0.3 is 18.9 Å². The van der Waals surface area contributed by atoms with Crippen LogP contribution in [0.3, 0.4) is 0 Å². The lowest BCUT2D eigenvalue weighted by Crippen LogP contribution is -2.40. The molecular weight excluding hydrogens is 818 g/mol. The molecule has 0 atom stereocenters. The third-order valence-corrected chi connectivity index (χ3v) is 11.0. The molecule has 3 heterocycles. The van der Waals surface area contributed by atoms with Gasteiger partial charge in [-0.25, -0.2) is 9.59 Å². The smallest absolute Gasteiger partial charge is 0.332 e. The van der Waals surface area contributed by atoms with Crippen molar-refractivity contribution in [3.05, 3.63) is 208 Å². The van der Waals surface area contributed by atoms with E-state index in [9.17, 15) is 19.2 Å². The van der Waals surface area contributed by atoms with E-state index < -0.39 is 11.2 Å². The van der Waals surface area contributed by atoms with E-state index in [0.29, 0.717) is 23.1 Å². The second kappa shape index (κ2) is 21.0. The van der Waals surface area contributed by atoms with Gasteiger partial charge >= 0.3 is 11.4 Å². The van der Waals surface area contributed by atoms with E-state index in [-0.39, 0.29) is 36.0 Å². The first-order valence-corrected chi connectivity index (χ1v) is 20.3. The monoisotopic (exact) mass is 861 g/mol. The molecule has 0 aliphatic rings. The number of rotatable bonds is 15. The lowest BCUT2D eigenvalue weighted by Gasteiger charge is -2.16. The number of aromatic nitrogens is 5. The van der Waals surface area contributed by atoms with Crippen LogP contribution < -0.4 is 41.4 Å². The Hall–Kier alpha value is -6.77. The second-order valence-corrected chi connectivity index (χ2v) is 15.0. The lowest BCUT2D eigenvalue weighted by molar-refractivity contribution is 0.414. The Morgan fingerprint density at radius 2 is 0.869 bits per heavy atom. The summed E-state index contributed by atoms with van der Waals surface area (Å²) in [6, 6.07) is 36.0. The Balaban J connectivity index is 0.000000210. The van der Waals surface area contributed by atoms with Crippen molar-refractivity contribution < 1.29 is 18.9 Å². The number of hydrogen-bond donors (Lipinski definition) is 0. The van der Waals surface area contributed by atoms with Gasteiger partial charge in [-0.05, 0) is 82.4 Å². The van der Waals surface area contributed by atoms with Gasteiger partial charge in [-0.1, -0.05) is 66.2 Å². The highest BCUT2D eigenvalue weighted by atomic mass is 35.5. The summed E-state index contributed by atoms with van der Waals surface area (Å²) in [4.78, 5) is 55.8. The molecule has 13 nitrogen and oxygen atoms in total. The number of pyridine rings is 1. The van der Waals surface area contributed by atoms with Crippen molar-refractivity contribution in [2.75, 3.05) is 28.4 Å². The predicted octanol–water partition coefficient (Wildman–Crippen LogP) is 6.59. The van der Waals surface area contributed by atoms with Crippen LogP contribution in [0.1, 0.15) is 27.8 Å². The summed E-state index contributed by atoms with van der Waals surface area (Å²) >= 11 is 7.61. The first-order chi connectivity index (χ1) is 29.6. The summed E-state index contributed by atoms with van der Waals surface area (Å²) < 4.78 is 26.1. The highest BCUT2D eigenvalue weighted by Crippen LogP contribution is 2.22. The maximum absolute atomic E-state index is 13.5. The van der Waals surface area contributed by atoms with Gasteiger partial charge in [0.2, 0.25) is 0 Å². The number of methoxy groups -OCH3 is 4. The summed E-state index contributed by atoms with van der Waals surface area (Å²) in [5.74, 6) is 3.49. The van der Waals surface area contributed by atoms with E-state index in [1.54, 1.807) is 57.5 Å². The molecule has 0 fully saturated rings. The molecule has 15 heteroatoms. The van der Waals surface area contributed by atoms with Gasteiger partial charge in [-0.2, -0.15) is 0 Å². The van der Waals surface area contributed by atoms with E-state index >= 15 is 0 Å². The number of thioether (sulfide) groups is 1. The van der Waals surface area contributed by atoms with Crippen LogP contribution in [0.2, 0.25) is 5.15 Å². The third-order valence-electron chi connectivity index (χ3n) is 9.58. The minimum atomic E-state index is -0.459. The number of halogens is 1. The molecular formula is C46H44ClN5O8S. The summed E-state index contributed by atoms with van der Waals surface area (Å²) in [6.07, 6.45) is 3.50. The van der Waals surface area contributed by atoms with Crippen molar-refractivity contribution in [2.45, 2.75) is 37.0 Å². The Labute approximate surface area is 361 Å². The largest absolute Gasteiger partial charge is 0.497 e. The van der Waals surface area contributed by atoms with Crippen molar-refractivity contribution in [1.82, 2.24) is 23.3 Å². The SMILES string of the molecule is COc1ccc(Cn2c(Cl)cc(=O)n(Cc3ccc(OC)cc3)c2=O)cc1.COc1ccc(Cn2c(SCc3cccnc3)cc(=O)n(Cc3ccc(OC)cc3)c2=O)cc1. The van der Waals surface area contributed by atoms with Gasteiger partial charge in [0.25, 0.3) is 11.1 Å². The van der Waals surface area contributed by atoms with Gasteiger partial charge in [0.15, 0.2) is 0 Å². The highest BCUT2D eigenvalue weighted by molar-refractivity contribution is 7.98. The zero-order chi connectivity index (χ0) is 43.3. The van der Waals surface area contributed by atoms with E-state index in [1.807, 2.05) is 97.1 Å². The van der Waals surface area contributed by atoms with Crippen LogP contribution in [0.4, 0.5) is 0 Å². The Kier molecular flexibility index (Phi) is 15.1. The van der Waals surface area contributed by atoms with Crippen LogP contribution in [-0.4, -0.2) is 51.7 Å². The van der Waals surface area contributed by atoms with Crippen LogP contribution in [0.25, 0.3) is 0 Å². The Morgan fingerprint density at radius 3 is 1.26 bits per heavy atom. The minimum absolute atomic E-state index is 0.104. The van der Waals surface area contributed by atoms with Crippen LogP contribution in [0.5, 0.6) is 23.0 Å². The molecule has 0 aliphatic heterocycles. The topological polar surface area (TPSA) is 138 Å². The summed E-state index contributed by atoms with van der Waals surface area (Å²) in [6.45, 7) is 0.922. The Bertz CT molecular complexity index is 2770. The van der Waals surface area contributed by atoms with E-state index in [0.717, 1.165) is 49.6 Å². The molecule has 0 unspecified atom stereocenters. The quantitative estimate of drug-likeness (QED) is 0.0821. The zero-order valence-electron chi connectivity index (χ0n) is 34.0. The van der Waals surface area contributed by atoms with Gasteiger partial charge in [0.1, 0.15) is 28.2 Å². The average Bonchev–Trinajstić information content (AvgIpc) is 3.29. The third kappa shape index (κ3) is 11.5. The number of benzene rings is 4. The van der Waals surface area contributed by atoms with Gasteiger partial charge in [0.05, 0.1) is 59.6 Å². The molecule has 314 valence electrons. The summed E-state index contributed by atoms with van der Waals surface area (Å²) in [5.41, 5.74) is 2.88. The molecule has 0 saturated heterocycles. The summed E-state index contributed by atoms with van der Waals surface area (Å²) in [5, 5.41) is 0.715. The molecule has 7 rings (SSSR count). The van der Waals surface area contributed by atoms with Crippen molar-refractivity contribution in [3.8, 4) is 23.0 Å². The molecule has 0 N–H and O–H groups in total. The van der Waals surface area contributed by atoms with Crippen LogP contribution >= 0.6 is 23.4 Å². The van der Waals surface area contributed by atoms with E-state index in [4.69, 9.17) is 30.5 Å². The molecule has 0 spiro atoms. The van der Waals surface area contributed by atoms with Crippen LogP contribution in [-0.2, 0) is 31.9 Å². The molecule has 0 radical (unpaired) electrons. The Morgan fingerprint density at radius 1 is 0.492 bits per heavy atom.